The lowest BCUT2D eigenvalue weighted by Crippen LogP contribution is -2.44. The van der Waals surface area contributed by atoms with Crippen molar-refractivity contribution in [3.05, 3.63) is 28.8 Å². The fraction of sp³-hybridized carbons (Fsp3) is 0.333. The molecule has 0 aromatic heterocycles. The molecule has 116 valence electrons. The maximum Gasteiger partial charge on any atom is 0.416 e. The van der Waals surface area contributed by atoms with Gasteiger partial charge in [0.2, 0.25) is 11.8 Å². The number of carbonyl (C=O) groups excluding carboxylic acids is 2. The number of hydrogen-bond acceptors (Lipinski definition) is 3. The Hall–Kier alpha value is -1.41. The summed E-state index contributed by atoms with van der Waals surface area (Å²) in [5.41, 5.74) is -1.09. The van der Waals surface area contributed by atoms with Crippen molar-refractivity contribution in [2.24, 2.45) is 0 Å². The number of alkyl halides is 3. The first-order valence-corrected chi connectivity index (χ1v) is 6.71. The van der Waals surface area contributed by atoms with Gasteiger partial charge in [-0.15, -0.1) is 0 Å². The SMILES string of the molecule is CC(=O)NC(CS)C(=O)Nc1cc(Cl)cc(C(F)(F)F)c1. The molecule has 1 aromatic rings. The van der Waals surface area contributed by atoms with Crippen molar-refractivity contribution in [2.45, 2.75) is 19.1 Å². The van der Waals surface area contributed by atoms with Gasteiger partial charge in [-0.1, -0.05) is 11.6 Å². The first-order chi connectivity index (χ1) is 9.63. The summed E-state index contributed by atoms with van der Waals surface area (Å²) in [5, 5.41) is 4.43. The van der Waals surface area contributed by atoms with Crippen LogP contribution in [0.15, 0.2) is 18.2 Å². The lowest BCUT2D eigenvalue weighted by Gasteiger charge is -2.16. The molecule has 0 heterocycles. The molecule has 0 radical (unpaired) electrons. The minimum atomic E-state index is -4.58. The molecule has 9 heteroatoms. The third kappa shape index (κ3) is 5.47. The van der Waals surface area contributed by atoms with Gasteiger partial charge in [0.05, 0.1) is 5.56 Å². The second kappa shape index (κ2) is 7.04. The molecule has 0 saturated heterocycles. The second-order valence-corrected chi connectivity index (χ2v) is 4.95. The Labute approximate surface area is 129 Å². The Kier molecular flexibility index (Phi) is 5.91. The van der Waals surface area contributed by atoms with Gasteiger partial charge in [-0.2, -0.15) is 25.8 Å². The number of anilines is 1. The lowest BCUT2D eigenvalue weighted by atomic mass is 10.2. The Bertz CT molecular complexity index is 552. The Balaban J connectivity index is 2.94. The molecular weight excluding hydrogens is 329 g/mol. The summed E-state index contributed by atoms with van der Waals surface area (Å²) < 4.78 is 37.9. The Morgan fingerprint density at radius 1 is 1.33 bits per heavy atom. The summed E-state index contributed by atoms with van der Waals surface area (Å²) >= 11 is 9.50. The highest BCUT2D eigenvalue weighted by Crippen LogP contribution is 2.33. The number of nitrogens with one attached hydrogen (secondary N) is 2. The van der Waals surface area contributed by atoms with Crippen molar-refractivity contribution in [1.29, 1.82) is 0 Å². The van der Waals surface area contributed by atoms with Gasteiger partial charge >= 0.3 is 6.18 Å². The number of hydrogen-bond donors (Lipinski definition) is 3. The van der Waals surface area contributed by atoms with Crippen molar-refractivity contribution >= 4 is 41.7 Å². The quantitative estimate of drug-likeness (QED) is 0.738. The molecule has 0 fully saturated rings. The zero-order valence-corrected chi connectivity index (χ0v) is 12.4. The van der Waals surface area contributed by atoms with Crippen LogP contribution in [-0.2, 0) is 15.8 Å². The van der Waals surface area contributed by atoms with Gasteiger partial charge in [0.25, 0.3) is 0 Å². The van der Waals surface area contributed by atoms with Crippen LogP contribution in [0.1, 0.15) is 12.5 Å². The third-order valence-electron chi connectivity index (χ3n) is 2.37. The van der Waals surface area contributed by atoms with E-state index in [1.807, 2.05) is 0 Å². The molecule has 0 aliphatic heterocycles. The summed E-state index contributed by atoms with van der Waals surface area (Å²) in [4.78, 5) is 22.8. The van der Waals surface area contributed by atoms with Crippen molar-refractivity contribution in [2.75, 3.05) is 11.1 Å². The highest BCUT2D eigenvalue weighted by molar-refractivity contribution is 7.80. The summed E-state index contributed by atoms with van der Waals surface area (Å²) in [7, 11) is 0. The average Bonchev–Trinajstić information content (AvgIpc) is 2.33. The van der Waals surface area contributed by atoms with Gasteiger partial charge in [0.15, 0.2) is 0 Å². The van der Waals surface area contributed by atoms with Gasteiger partial charge < -0.3 is 10.6 Å². The molecule has 0 aliphatic carbocycles. The zero-order chi connectivity index (χ0) is 16.2. The lowest BCUT2D eigenvalue weighted by molar-refractivity contribution is -0.137. The van der Waals surface area contributed by atoms with E-state index in [0.29, 0.717) is 0 Å². The topological polar surface area (TPSA) is 58.2 Å². The molecule has 0 aliphatic rings. The fourth-order valence-electron chi connectivity index (χ4n) is 1.49. The molecule has 2 amide bonds. The van der Waals surface area contributed by atoms with Crippen LogP contribution in [0.4, 0.5) is 18.9 Å². The smallest absolute Gasteiger partial charge is 0.344 e. The maximum atomic E-state index is 12.6. The molecule has 0 bridgehead atoms. The first-order valence-electron chi connectivity index (χ1n) is 5.70. The van der Waals surface area contributed by atoms with E-state index in [9.17, 15) is 22.8 Å². The molecule has 1 unspecified atom stereocenters. The van der Waals surface area contributed by atoms with E-state index in [0.717, 1.165) is 12.1 Å². The predicted molar refractivity (Wildman–Crippen MR) is 76.5 cm³/mol. The normalized spacial score (nSPS) is 12.7. The molecule has 0 spiro atoms. The largest absolute Gasteiger partial charge is 0.416 e. The van der Waals surface area contributed by atoms with Crippen molar-refractivity contribution in [3.8, 4) is 0 Å². The van der Waals surface area contributed by atoms with Crippen LogP contribution in [-0.4, -0.2) is 23.6 Å². The van der Waals surface area contributed by atoms with E-state index < -0.39 is 29.6 Å². The second-order valence-electron chi connectivity index (χ2n) is 4.15. The van der Waals surface area contributed by atoms with E-state index in [1.54, 1.807) is 0 Å². The highest BCUT2D eigenvalue weighted by Gasteiger charge is 2.31. The van der Waals surface area contributed by atoms with Crippen LogP contribution >= 0.6 is 24.2 Å². The molecule has 4 nitrogen and oxygen atoms in total. The van der Waals surface area contributed by atoms with Crippen molar-refractivity contribution in [1.82, 2.24) is 5.32 Å². The summed E-state index contributed by atoms with van der Waals surface area (Å²) in [6.45, 7) is 1.21. The van der Waals surface area contributed by atoms with Gasteiger partial charge in [-0.05, 0) is 18.2 Å². The van der Waals surface area contributed by atoms with Crippen LogP contribution < -0.4 is 10.6 Å². The number of carbonyl (C=O) groups is 2. The van der Waals surface area contributed by atoms with Crippen molar-refractivity contribution < 1.29 is 22.8 Å². The van der Waals surface area contributed by atoms with Gasteiger partial charge in [0, 0.05) is 23.4 Å². The summed E-state index contributed by atoms with van der Waals surface area (Å²) in [6.07, 6.45) is -4.58. The Morgan fingerprint density at radius 3 is 2.43 bits per heavy atom. The van der Waals surface area contributed by atoms with Gasteiger partial charge in [-0.25, -0.2) is 0 Å². The van der Waals surface area contributed by atoms with Crippen LogP contribution in [0.25, 0.3) is 0 Å². The zero-order valence-electron chi connectivity index (χ0n) is 10.8. The van der Waals surface area contributed by atoms with Crippen LogP contribution in [0.2, 0.25) is 5.02 Å². The molecule has 1 rings (SSSR count). The highest BCUT2D eigenvalue weighted by atomic mass is 35.5. The predicted octanol–water partition coefficient (Wildman–Crippen LogP) is 2.73. The molecule has 21 heavy (non-hydrogen) atoms. The fourth-order valence-corrected chi connectivity index (χ4v) is 1.99. The van der Waals surface area contributed by atoms with Crippen LogP contribution in [0.5, 0.6) is 0 Å². The number of rotatable bonds is 4. The van der Waals surface area contributed by atoms with Gasteiger partial charge in [0.1, 0.15) is 6.04 Å². The monoisotopic (exact) mass is 340 g/mol. The van der Waals surface area contributed by atoms with Crippen molar-refractivity contribution in [3.63, 3.8) is 0 Å². The maximum absolute atomic E-state index is 12.6. The molecule has 0 saturated carbocycles. The number of benzene rings is 1. The summed E-state index contributed by atoms with van der Waals surface area (Å²) in [5.74, 6) is -1.14. The number of amides is 2. The van der Waals surface area contributed by atoms with Gasteiger partial charge in [-0.3, -0.25) is 9.59 Å². The van der Waals surface area contributed by atoms with Crippen LogP contribution in [0, 0.1) is 0 Å². The molecule has 1 atom stereocenters. The number of thiol groups is 1. The standard InChI is InChI=1S/C12H12ClF3N2O2S/c1-6(19)17-10(5-21)11(20)18-9-3-7(12(14,15)16)2-8(13)4-9/h2-4,10,21H,5H2,1H3,(H,17,19)(H,18,20). The Morgan fingerprint density at radius 2 is 1.95 bits per heavy atom. The first kappa shape index (κ1) is 17.6. The molecule has 2 N–H and O–H groups in total. The minimum Gasteiger partial charge on any atom is -0.344 e. The van der Waals surface area contributed by atoms with E-state index in [4.69, 9.17) is 11.6 Å². The number of halogens is 4. The van der Waals surface area contributed by atoms with E-state index in [1.165, 1.54) is 13.0 Å². The average molecular weight is 341 g/mol. The van der Waals surface area contributed by atoms with Crippen LogP contribution in [0.3, 0.4) is 0 Å². The van der Waals surface area contributed by atoms with E-state index >= 15 is 0 Å². The molecule has 1 aromatic carbocycles. The summed E-state index contributed by atoms with van der Waals surface area (Å²) in [6, 6.07) is 1.73. The minimum absolute atomic E-state index is 0.00188. The third-order valence-corrected chi connectivity index (χ3v) is 2.95. The molecular formula is C12H12ClF3N2O2S. The van der Waals surface area contributed by atoms with E-state index in [-0.39, 0.29) is 16.5 Å². The van der Waals surface area contributed by atoms with E-state index in [2.05, 4.69) is 23.3 Å².